The average molecular weight is 551 g/mol. The number of amides is 1. The molecule has 0 spiro atoms. The zero-order chi connectivity index (χ0) is 27.9. The van der Waals surface area contributed by atoms with Crippen LogP contribution in [0, 0.1) is 0 Å². The summed E-state index contributed by atoms with van der Waals surface area (Å²) in [7, 11) is 3.26. The maximum absolute atomic E-state index is 13.0. The standard InChI is InChI=1S/C29H30N2O7S/c1-4-38-16-18-14-23(36-2)25(24(15-18)37-3)19-11-9-17(10-12-19)13-22(29(33)34)31-28(32)26-27(39-35)20-7-5-6-8-21(20)30-26/h5-12,14,22,24H,4,13,15-16H2,1-3H3,(H,31,32)(H,33,34). The highest BCUT2D eigenvalue weighted by atomic mass is 32.1. The van der Waals surface area contributed by atoms with Gasteiger partial charge in [0.25, 0.3) is 5.91 Å². The third kappa shape index (κ3) is 6.25. The molecule has 2 aliphatic rings. The highest BCUT2D eigenvalue weighted by Gasteiger charge is 2.31. The molecule has 2 aromatic carbocycles. The van der Waals surface area contributed by atoms with Crippen LogP contribution in [-0.4, -0.2) is 71.3 Å². The minimum absolute atomic E-state index is 0.0454. The Labute approximate surface area is 230 Å². The number of hydrogen-bond donors (Lipinski definition) is 2. The van der Waals surface area contributed by atoms with Crippen LogP contribution in [0.1, 0.15) is 30.0 Å². The molecule has 0 radical (unpaired) electrons. The summed E-state index contributed by atoms with van der Waals surface area (Å²) in [6, 6.07) is 13.1. The topological polar surface area (TPSA) is 124 Å². The van der Waals surface area contributed by atoms with E-state index in [9.17, 15) is 18.9 Å². The van der Waals surface area contributed by atoms with Crippen molar-refractivity contribution in [3.05, 3.63) is 82.6 Å². The second-order valence-electron chi connectivity index (χ2n) is 9.01. The maximum atomic E-state index is 13.0. The molecule has 1 amide bonds. The minimum atomic E-state index is -1.22. The fourth-order valence-corrected chi connectivity index (χ4v) is 5.12. The molecular formula is C29H30N2O7S. The Morgan fingerprint density at radius 2 is 1.90 bits per heavy atom. The van der Waals surface area contributed by atoms with E-state index in [-0.39, 0.29) is 34.4 Å². The van der Waals surface area contributed by atoms with Crippen molar-refractivity contribution >= 4 is 45.0 Å². The van der Waals surface area contributed by atoms with Gasteiger partial charge in [0.15, 0.2) is 0 Å². The molecule has 2 aromatic rings. The van der Waals surface area contributed by atoms with Gasteiger partial charge < -0.3 is 24.6 Å². The van der Waals surface area contributed by atoms with Crippen LogP contribution in [0.2, 0.25) is 0 Å². The molecule has 39 heavy (non-hydrogen) atoms. The lowest BCUT2D eigenvalue weighted by atomic mass is 9.88. The first-order chi connectivity index (χ1) is 18.9. The predicted octanol–water partition coefficient (Wildman–Crippen LogP) is 3.06. The largest absolute Gasteiger partial charge is 0.496 e. The molecule has 0 saturated carbocycles. The number of aliphatic imine (C=N–C) groups is 1. The Hall–Kier alpha value is -3.86. The zero-order valence-corrected chi connectivity index (χ0v) is 22.7. The van der Waals surface area contributed by atoms with Gasteiger partial charge in [-0.3, -0.25) is 4.79 Å². The van der Waals surface area contributed by atoms with Crippen molar-refractivity contribution in [1.82, 2.24) is 5.32 Å². The molecule has 1 aliphatic carbocycles. The third-order valence-electron chi connectivity index (χ3n) is 6.57. The Bertz CT molecular complexity index is 1400. The monoisotopic (exact) mass is 550 g/mol. The molecule has 10 heteroatoms. The predicted molar refractivity (Wildman–Crippen MR) is 149 cm³/mol. The van der Waals surface area contributed by atoms with E-state index in [0.717, 1.165) is 16.7 Å². The van der Waals surface area contributed by atoms with Gasteiger partial charge in [0.05, 0.1) is 36.8 Å². The number of carbonyl (C=O) groups is 2. The first-order valence-corrected chi connectivity index (χ1v) is 13.2. The number of fused-ring (bicyclic) bond motifs is 1. The van der Waals surface area contributed by atoms with Gasteiger partial charge in [-0.25, -0.2) is 14.0 Å². The molecule has 2 atom stereocenters. The molecule has 0 saturated heterocycles. The number of carboxylic acid groups (broad SMARTS) is 1. The Balaban J connectivity index is 1.51. The summed E-state index contributed by atoms with van der Waals surface area (Å²) in [5.74, 6) is -1.21. The van der Waals surface area contributed by atoms with E-state index in [1.54, 1.807) is 38.5 Å². The van der Waals surface area contributed by atoms with E-state index in [0.29, 0.717) is 42.2 Å². The number of benzene rings is 2. The smallest absolute Gasteiger partial charge is 0.326 e. The van der Waals surface area contributed by atoms with Gasteiger partial charge in [-0.2, -0.15) is 0 Å². The van der Waals surface area contributed by atoms with Crippen LogP contribution in [0.3, 0.4) is 0 Å². The molecule has 2 N–H and O–H groups in total. The lowest BCUT2D eigenvalue weighted by molar-refractivity contribution is -0.140. The summed E-state index contributed by atoms with van der Waals surface area (Å²) >= 11 is 0.166. The van der Waals surface area contributed by atoms with Gasteiger partial charge in [0.2, 0.25) is 0 Å². The molecule has 0 fully saturated rings. The van der Waals surface area contributed by atoms with E-state index in [2.05, 4.69) is 10.3 Å². The number of para-hydroxylation sites is 1. The maximum Gasteiger partial charge on any atom is 0.326 e. The highest BCUT2D eigenvalue weighted by Crippen LogP contribution is 2.34. The van der Waals surface area contributed by atoms with E-state index in [1.807, 2.05) is 37.3 Å². The summed E-state index contributed by atoms with van der Waals surface area (Å²) in [5, 5.41) is 12.3. The molecule has 0 bridgehead atoms. The first-order valence-electron chi connectivity index (χ1n) is 12.5. The molecule has 2 unspecified atom stereocenters. The number of nitrogens with zero attached hydrogens (tertiary/aromatic N) is 1. The fraction of sp³-hybridized carbons (Fsp3) is 0.310. The molecule has 1 heterocycles. The Morgan fingerprint density at radius 1 is 1.15 bits per heavy atom. The normalized spacial score (nSPS) is 17.2. The van der Waals surface area contributed by atoms with Crippen LogP contribution in [-0.2, 0) is 41.5 Å². The van der Waals surface area contributed by atoms with Crippen LogP contribution in [0.4, 0.5) is 5.69 Å². The van der Waals surface area contributed by atoms with Crippen molar-refractivity contribution in [2.75, 3.05) is 27.4 Å². The second kappa shape index (κ2) is 12.8. The van der Waals surface area contributed by atoms with Gasteiger partial charge in [0.1, 0.15) is 22.4 Å². The number of rotatable bonds is 11. The highest BCUT2D eigenvalue weighted by molar-refractivity contribution is 7.69. The lowest BCUT2D eigenvalue weighted by Crippen LogP contribution is -2.46. The van der Waals surface area contributed by atoms with Crippen molar-refractivity contribution in [2.45, 2.75) is 31.9 Å². The molecule has 9 nitrogen and oxygen atoms in total. The number of carbonyl (C=O) groups excluding carboxylic acids is 1. The molecule has 1 aliphatic heterocycles. The summed E-state index contributed by atoms with van der Waals surface area (Å²) in [5.41, 5.74) is 4.56. The number of ether oxygens (including phenoxy) is 3. The van der Waals surface area contributed by atoms with Crippen molar-refractivity contribution in [2.24, 2.45) is 4.99 Å². The molecule has 0 aromatic heterocycles. The summed E-state index contributed by atoms with van der Waals surface area (Å²) in [6.07, 6.45) is 2.46. The Kier molecular flexibility index (Phi) is 9.23. The Morgan fingerprint density at radius 3 is 2.54 bits per heavy atom. The van der Waals surface area contributed by atoms with Crippen LogP contribution in [0.25, 0.3) is 5.57 Å². The van der Waals surface area contributed by atoms with Crippen molar-refractivity contribution in [1.29, 1.82) is 0 Å². The number of aliphatic carboxylic acids is 1. The lowest BCUT2D eigenvalue weighted by Gasteiger charge is -2.27. The van der Waals surface area contributed by atoms with Crippen molar-refractivity contribution in [3.63, 3.8) is 0 Å². The van der Waals surface area contributed by atoms with Crippen LogP contribution in [0.5, 0.6) is 0 Å². The van der Waals surface area contributed by atoms with E-state index < -0.39 is 17.9 Å². The van der Waals surface area contributed by atoms with Gasteiger partial charge in [-0.1, -0.05) is 42.5 Å². The summed E-state index contributed by atoms with van der Waals surface area (Å²) in [6.45, 7) is 3.07. The summed E-state index contributed by atoms with van der Waals surface area (Å²) < 4.78 is 28.7. The fourth-order valence-electron chi connectivity index (χ4n) is 4.64. The van der Waals surface area contributed by atoms with Gasteiger partial charge in [-0.05, 0) is 35.8 Å². The third-order valence-corrected chi connectivity index (χ3v) is 7.15. The van der Waals surface area contributed by atoms with E-state index >= 15 is 0 Å². The molecule has 204 valence electrons. The first kappa shape index (κ1) is 28.2. The summed E-state index contributed by atoms with van der Waals surface area (Å²) in [4.78, 5) is 29.4. The van der Waals surface area contributed by atoms with Crippen molar-refractivity contribution < 1.29 is 33.1 Å². The number of allylic oxidation sites excluding steroid dienone is 1. The number of hydrogen-bond acceptors (Lipinski definition) is 7. The quantitative estimate of drug-likeness (QED) is 0.412. The number of methoxy groups -OCH3 is 2. The number of nitrogens with one attached hydrogen (secondary N) is 1. The number of carboxylic acids is 1. The SMILES string of the molecule is CCOCC1=CC(OC)=C(c2ccc(CC(NC(=O)C3=Nc4ccccc4C3=S=O)C(=O)O)cc2)C(OC)C1. The minimum Gasteiger partial charge on any atom is -0.496 e. The van der Waals surface area contributed by atoms with Crippen LogP contribution < -0.4 is 5.32 Å². The van der Waals surface area contributed by atoms with Crippen LogP contribution in [0.15, 0.2) is 70.9 Å². The van der Waals surface area contributed by atoms with Gasteiger partial charge in [-0.15, -0.1) is 0 Å². The zero-order valence-electron chi connectivity index (χ0n) is 21.9. The molecule has 4 rings (SSSR count). The van der Waals surface area contributed by atoms with E-state index in [4.69, 9.17) is 14.2 Å². The van der Waals surface area contributed by atoms with Crippen LogP contribution >= 0.6 is 0 Å². The average Bonchev–Trinajstić information content (AvgIpc) is 3.34. The van der Waals surface area contributed by atoms with Gasteiger partial charge >= 0.3 is 5.97 Å². The van der Waals surface area contributed by atoms with Crippen molar-refractivity contribution in [3.8, 4) is 0 Å². The molecular weight excluding hydrogens is 520 g/mol. The van der Waals surface area contributed by atoms with Gasteiger partial charge in [0, 0.05) is 37.7 Å². The second-order valence-corrected chi connectivity index (χ2v) is 9.58. The van der Waals surface area contributed by atoms with E-state index in [1.165, 1.54) is 0 Å².